The quantitative estimate of drug-likeness (QED) is 0.210. The van der Waals surface area contributed by atoms with Gasteiger partial charge in [-0.05, 0) is 31.4 Å². The summed E-state index contributed by atoms with van der Waals surface area (Å²) in [5.74, 6) is -1.28. The molecular formula is C13H24N2O6S. The van der Waals surface area contributed by atoms with Crippen molar-refractivity contribution in [3.05, 3.63) is 0 Å². The number of nitrogens with one attached hydrogen (secondary N) is 2. The summed E-state index contributed by atoms with van der Waals surface area (Å²) in [5, 5.41) is 13.9. The van der Waals surface area contributed by atoms with Crippen molar-refractivity contribution in [1.82, 2.24) is 10.6 Å². The van der Waals surface area contributed by atoms with Crippen molar-refractivity contribution in [2.24, 2.45) is 0 Å². The zero-order valence-corrected chi connectivity index (χ0v) is 13.7. The Balaban J connectivity index is 4.46. The van der Waals surface area contributed by atoms with E-state index in [-0.39, 0.29) is 6.42 Å². The van der Waals surface area contributed by atoms with E-state index in [1.54, 1.807) is 0 Å². The van der Waals surface area contributed by atoms with Crippen LogP contribution in [0.2, 0.25) is 0 Å². The summed E-state index contributed by atoms with van der Waals surface area (Å²) in [4.78, 5) is 33.6. The number of carbonyl (C=O) groups is 3. The number of amides is 2. The third-order valence-corrected chi connectivity index (χ3v) is 3.33. The fourth-order valence-corrected chi connectivity index (χ4v) is 2.11. The van der Waals surface area contributed by atoms with E-state index in [2.05, 4.69) is 23.3 Å². The minimum absolute atomic E-state index is 0.235. The molecular weight excluding hydrogens is 312 g/mol. The van der Waals surface area contributed by atoms with Crippen LogP contribution in [0.15, 0.2) is 0 Å². The molecule has 128 valence electrons. The summed E-state index contributed by atoms with van der Waals surface area (Å²) in [7, 11) is 3.00. The van der Waals surface area contributed by atoms with Gasteiger partial charge in [0.15, 0.2) is 6.29 Å². The Kier molecular flexibility index (Phi) is 11.5. The van der Waals surface area contributed by atoms with E-state index < -0.39 is 30.3 Å². The van der Waals surface area contributed by atoms with Crippen LogP contribution in [0.3, 0.4) is 0 Å². The van der Waals surface area contributed by atoms with E-state index >= 15 is 0 Å². The smallest absolute Gasteiger partial charge is 0.326 e. The van der Waals surface area contributed by atoms with E-state index in [0.717, 1.165) is 0 Å². The molecule has 0 spiro atoms. The minimum atomic E-state index is -1.13. The zero-order chi connectivity index (χ0) is 17.0. The summed E-state index contributed by atoms with van der Waals surface area (Å²) in [5.41, 5.74) is 0. The van der Waals surface area contributed by atoms with Gasteiger partial charge in [-0.3, -0.25) is 9.59 Å². The van der Waals surface area contributed by atoms with Crippen molar-refractivity contribution in [3.8, 4) is 0 Å². The Morgan fingerprint density at radius 1 is 1.18 bits per heavy atom. The Morgan fingerprint density at radius 2 is 1.82 bits per heavy atom. The summed E-state index contributed by atoms with van der Waals surface area (Å²) in [6.45, 7) is 0. The largest absolute Gasteiger partial charge is 0.480 e. The highest BCUT2D eigenvalue weighted by Crippen LogP contribution is 2.08. The molecule has 3 N–H and O–H groups in total. The summed E-state index contributed by atoms with van der Waals surface area (Å²) < 4.78 is 10.0. The number of methoxy groups -OCH3 is 2. The topological polar surface area (TPSA) is 114 Å². The highest BCUT2D eigenvalue weighted by atomic mass is 32.1. The van der Waals surface area contributed by atoms with Crippen LogP contribution in [0.4, 0.5) is 0 Å². The van der Waals surface area contributed by atoms with Crippen molar-refractivity contribution in [2.45, 2.75) is 44.1 Å². The highest BCUT2D eigenvalue weighted by molar-refractivity contribution is 7.80. The first kappa shape index (κ1) is 20.7. The Bertz CT molecular complexity index is 351. The van der Waals surface area contributed by atoms with E-state index in [9.17, 15) is 14.4 Å². The first-order chi connectivity index (χ1) is 10.5. The van der Waals surface area contributed by atoms with Crippen LogP contribution in [-0.4, -0.2) is 61.7 Å². The molecule has 0 rings (SSSR count). The number of aliphatic carboxylic acids is 1. The molecule has 0 bridgehead atoms. The van der Waals surface area contributed by atoms with Gasteiger partial charge in [-0.1, -0.05) is 0 Å². The summed E-state index contributed by atoms with van der Waals surface area (Å²) in [6.07, 6.45) is 1.57. The van der Waals surface area contributed by atoms with E-state index in [4.69, 9.17) is 14.6 Å². The Hall–Kier alpha value is -1.32. The number of hydrogen-bond donors (Lipinski definition) is 4. The number of ether oxygens (including phenoxy) is 2. The second-order valence-corrected chi connectivity index (χ2v) is 5.03. The standard InChI is InChI=1S/C13H24N2O6S/c1-20-11(21-2)5-3-4-10(13(18)19)15-12(17)9(6-7-22)14-8-16/h8-11,22H,3-7H2,1-2H3,(H,14,16)(H,15,17)(H,18,19)/t9-,10-/m0/s1. The predicted molar refractivity (Wildman–Crippen MR) is 82.7 cm³/mol. The summed E-state index contributed by atoms with van der Waals surface area (Å²) in [6, 6.07) is -1.82. The molecule has 9 heteroatoms. The van der Waals surface area contributed by atoms with Crippen LogP contribution in [-0.2, 0) is 23.9 Å². The van der Waals surface area contributed by atoms with Gasteiger partial charge in [0.25, 0.3) is 0 Å². The predicted octanol–water partition coefficient (Wildman–Crippen LogP) is -0.220. The molecule has 0 aliphatic heterocycles. The maximum Gasteiger partial charge on any atom is 0.326 e. The maximum atomic E-state index is 12.0. The lowest BCUT2D eigenvalue weighted by Crippen LogP contribution is -2.50. The average Bonchev–Trinajstić information content (AvgIpc) is 2.49. The van der Waals surface area contributed by atoms with Crippen LogP contribution < -0.4 is 10.6 Å². The van der Waals surface area contributed by atoms with Gasteiger partial charge in [-0.25, -0.2) is 4.79 Å². The van der Waals surface area contributed by atoms with Crippen molar-refractivity contribution >= 4 is 30.9 Å². The number of carboxylic acids is 1. The molecule has 0 aromatic carbocycles. The molecule has 0 aliphatic rings. The van der Waals surface area contributed by atoms with E-state index in [0.29, 0.717) is 31.4 Å². The molecule has 0 heterocycles. The van der Waals surface area contributed by atoms with Gasteiger partial charge in [-0.2, -0.15) is 12.6 Å². The molecule has 2 amide bonds. The van der Waals surface area contributed by atoms with E-state index in [1.165, 1.54) is 14.2 Å². The lowest BCUT2D eigenvalue weighted by molar-refractivity contribution is -0.142. The van der Waals surface area contributed by atoms with Gasteiger partial charge >= 0.3 is 5.97 Å². The average molecular weight is 336 g/mol. The van der Waals surface area contributed by atoms with E-state index in [1.807, 2.05) is 0 Å². The van der Waals surface area contributed by atoms with Gasteiger partial charge in [-0.15, -0.1) is 0 Å². The van der Waals surface area contributed by atoms with Crippen LogP contribution in [0.1, 0.15) is 25.7 Å². The first-order valence-corrected chi connectivity index (χ1v) is 7.52. The van der Waals surface area contributed by atoms with Crippen LogP contribution in [0.5, 0.6) is 0 Å². The molecule has 8 nitrogen and oxygen atoms in total. The SMILES string of the molecule is COC(CCC[C@H](NC(=O)[C@H](CCS)NC=O)C(=O)O)OC. The molecule has 0 aromatic rings. The molecule has 22 heavy (non-hydrogen) atoms. The molecule has 0 unspecified atom stereocenters. The number of carbonyl (C=O) groups excluding carboxylic acids is 2. The number of carboxylic acid groups (broad SMARTS) is 1. The molecule has 0 saturated heterocycles. The second kappa shape index (κ2) is 12.2. The van der Waals surface area contributed by atoms with Gasteiger partial charge in [0.05, 0.1) is 0 Å². The monoisotopic (exact) mass is 336 g/mol. The minimum Gasteiger partial charge on any atom is -0.480 e. The third-order valence-electron chi connectivity index (χ3n) is 3.08. The molecule has 0 fully saturated rings. The highest BCUT2D eigenvalue weighted by Gasteiger charge is 2.24. The second-order valence-electron chi connectivity index (χ2n) is 4.58. The molecule has 0 radical (unpaired) electrons. The molecule has 0 aromatic heterocycles. The lowest BCUT2D eigenvalue weighted by atomic mass is 10.1. The summed E-state index contributed by atoms with van der Waals surface area (Å²) >= 11 is 4.00. The maximum absolute atomic E-state index is 12.0. The normalized spacial score (nSPS) is 13.5. The van der Waals surface area contributed by atoms with Gasteiger partial charge in [0.1, 0.15) is 12.1 Å². The lowest BCUT2D eigenvalue weighted by Gasteiger charge is -2.20. The van der Waals surface area contributed by atoms with Gasteiger partial charge < -0.3 is 25.2 Å². The van der Waals surface area contributed by atoms with Crippen LogP contribution >= 0.6 is 12.6 Å². The van der Waals surface area contributed by atoms with Gasteiger partial charge in [0, 0.05) is 14.2 Å². The fraction of sp³-hybridized carbons (Fsp3) is 0.769. The molecule has 0 aliphatic carbocycles. The first-order valence-electron chi connectivity index (χ1n) is 6.89. The third kappa shape index (κ3) is 8.20. The number of thiol groups is 1. The molecule has 0 saturated carbocycles. The molecule has 2 atom stereocenters. The van der Waals surface area contributed by atoms with Crippen LogP contribution in [0, 0.1) is 0 Å². The Labute approximate surface area is 135 Å². The fourth-order valence-electron chi connectivity index (χ4n) is 1.85. The van der Waals surface area contributed by atoms with Crippen molar-refractivity contribution < 1.29 is 29.0 Å². The number of hydrogen-bond acceptors (Lipinski definition) is 6. The Morgan fingerprint density at radius 3 is 2.27 bits per heavy atom. The van der Waals surface area contributed by atoms with Crippen LogP contribution in [0.25, 0.3) is 0 Å². The van der Waals surface area contributed by atoms with Gasteiger partial charge in [0.2, 0.25) is 12.3 Å². The van der Waals surface area contributed by atoms with Crippen molar-refractivity contribution in [2.75, 3.05) is 20.0 Å². The van der Waals surface area contributed by atoms with Crippen molar-refractivity contribution in [1.29, 1.82) is 0 Å². The van der Waals surface area contributed by atoms with Crippen molar-refractivity contribution in [3.63, 3.8) is 0 Å². The number of rotatable bonds is 13. The zero-order valence-electron chi connectivity index (χ0n) is 12.8.